The van der Waals surface area contributed by atoms with Crippen LogP contribution in [0.2, 0.25) is 5.02 Å². The van der Waals surface area contributed by atoms with E-state index in [-0.39, 0.29) is 30.2 Å². The van der Waals surface area contributed by atoms with E-state index in [1.54, 1.807) is 12.1 Å². The summed E-state index contributed by atoms with van der Waals surface area (Å²) in [4.78, 5) is 23.9. The van der Waals surface area contributed by atoms with Gasteiger partial charge < -0.3 is 29.1 Å². The van der Waals surface area contributed by atoms with Crippen LogP contribution >= 0.6 is 23.4 Å². The predicted molar refractivity (Wildman–Crippen MR) is 159 cm³/mol. The van der Waals surface area contributed by atoms with Crippen molar-refractivity contribution in [3.05, 3.63) is 63.8 Å². The van der Waals surface area contributed by atoms with Crippen molar-refractivity contribution in [3.63, 3.8) is 0 Å². The van der Waals surface area contributed by atoms with E-state index < -0.39 is 17.9 Å². The van der Waals surface area contributed by atoms with E-state index in [0.717, 1.165) is 50.7 Å². The summed E-state index contributed by atoms with van der Waals surface area (Å²) in [6, 6.07) is 10.6. The largest absolute Gasteiger partial charge is 0.485 e. The molecule has 42 heavy (non-hydrogen) atoms. The fraction of sp³-hybridized carbons (Fsp3) is 0.467. The molecule has 0 saturated carbocycles. The molecule has 0 bridgehead atoms. The zero-order valence-corrected chi connectivity index (χ0v) is 24.7. The third-order valence-corrected chi connectivity index (χ3v) is 10.0. The second-order valence-corrected chi connectivity index (χ2v) is 12.9. The summed E-state index contributed by atoms with van der Waals surface area (Å²) in [5.41, 5.74) is 1.35. The molecule has 0 aliphatic carbocycles. The molecule has 0 aromatic heterocycles. The summed E-state index contributed by atoms with van der Waals surface area (Å²) < 4.78 is 32.8. The number of ether oxygens (including phenoxy) is 3. The summed E-state index contributed by atoms with van der Waals surface area (Å²) in [6.07, 6.45) is 2.44. The van der Waals surface area contributed by atoms with Crippen molar-refractivity contribution in [2.75, 3.05) is 50.8 Å². The molecule has 0 amide bonds. The first-order valence-electron chi connectivity index (χ1n) is 14.3. The first-order chi connectivity index (χ1) is 20.3. The van der Waals surface area contributed by atoms with E-state index in [0.29, 0.717) is 33.5 Å². The van der Waals surface area contributed by atoms with Gasteiger partial charge in [0.25, 0.3) is 0 Å². The molecule has 1 N–H and O–H groups in total. The van der Waals surface area contributed by atoms with Gasteiger partial charge in [-0.1, -0.05) is 35.5 Å². The number of carboxylic acid groups (broad SMARTS) is 1. The van der Waals surface area contributed by atoms with Gasteiger partial charge in [-0.2, -0.15) is 0 Å². The summed E-state index contributed by atoms with van der Waals surface area (Å²) in [5.74, 6) is 0.972. The van der Waals surface area contributed by atoms with Crippen LogP contribution in [0.4, 0.5) is 10.1 Å². The molecule has 2 aromatic carbocycles. The third kappa shape index (κ3) is 5.21. The lowest BCUT2D eigenvalue weighted by Crippen LogP contribution is -2.55. The lowest BCUT2D eigenvalue weighted by Gasteiger charge is -2.43. The standard InChI is InChI=1S/C30H32ClFN4O5S/c1-17-13-35(22-3-2-4-24-28(22)41-25(16-40-24)20-6-5-18(31)11-21(20)32)9-8-34(17)15-27-33-29-23(12-26(42-29)30(37)38)36(27)14-19-7-10-39-19/h2-6,11-12,17,19,23,25,29H,7-10,13-16H2,1H3,(H,37,38)/t17-,19-,23?,25?,29?/m0/s1. The Morgan fingerprint density at radius 1 is 1.26 bits per heavy atom. The van der Waals surface area contributed by atoms with Crippen LogP contribution in [-0.4, -0.2) is 96.2 Å². The zero-order valence-electron chi connectivity index (χ0n) is 23.1. The number of aliphatic imine (C=N–C) groups is 1. The Kier molecular flexibility index (Phi) is 7.46. The minimum atomic E-state index is -0.891. The van der Waals surface area contributed by atoms with Crippen molar-refractivity contribution in [2.45, 2.75) is 43.0 Å². The van der Waals surface area contributed by atoms with Crippen LogP contribution in [0.25, 0.3) is 0 Å². The maximum Gasteiger partial charge on any atom is 0.341 e. The van der Waals surface area contributed by atoms with E-state index in [1.807, 2.05) is 24.3 Å². The molecular weight excluding hydrogens is 583 g/mol. The Labute approximate surface area is 252 Å². The molecule has 12 heteroatoms. The highest BCUT2D eigenvalue weighted by atomic mass is 35.5. The topological polar surface area (TPSA) is 87.1 Å². The smallest absolute Gasteiger partial charge is 0.341 e. The van der Waals surface area contributed by atoms with Crippen LogP contribution < -0.4 is 14.4 Å². The number of para-hydroxylation sites is 1. The predicted octanol–water partition coefficient (Wildman–Crippen LogP) is 4.42. The average Bonchev–Trinajstić information content (AvgIpc) is 3.50. The highest BCUT2D eigenvalue weighted by Crippen LogP contribution is 2.45. The van der Waals surface area contributed by atoms with Gasteiger partial charge in [0.05, 0.1) is 29.3 Å². The highest BCUT2D eigenvalue weighted by molar-refractivity contribution is 8.04. The number of benzene rings is 2. The first-order valence-corrected chi connectivity index (χ1v) is 15.5. The van der Waals surface area contributed by atoms with Gasteiger partial charge in [-0.15, -0.1) is 0 Å². The normalized spacial score (nSPS) is 28.7. The van der Waals surface area contributed by atoms with Gasteiger partial charge in [-0.25, -0.2) is 9.18 Å². The van der Waals surface area contributed by atoms with Crippen LogP contribution in [0, 0.1) is 5.82 Å². The number of aliphatic carboxylic acids is 1. The molecule has 2 fully saturated rings. The monoisotopic (exact) mass is 614 g/mol. The number of halogens is 2. The van der Waals surface area contributed by atoms with E-state index in [4.69, 9.17) is 30.8 Å². The van der Waals surface area contributed by atoms with Crippen molar-refractivity contribution in [3.8, 4) is 11.5 Å². The van der Waals surface area contributed by atoms with Gasteiger partial charge >= 0.3 is 5.97 Å². The van der Waals surface area contributed by atoms with Gasteiger partial charge in [0.2, 0.25) is 0 Å². The van der Waals surface area contributed by atoms with Crippen LogP contribution in [0.3, 0.4) is 0 Å². The number of carbonyl (C=O) groups is 1. The molecule has 5 aliphatic heterocycles. The quantitative estimate of drug-likeness (QED) is 0.487. The number of thioether (sulfide) groups is 1. The summed E-state index contributed by atoms with van der Waals surface area (Å²) in [5, 5.41) is 9.72. The molecule has 5 atom stereocenters. The summed E-state index contributed by atoms with van der Waals surface area (Å²) >= 11 is 7.29. The number of rotatable bonds is 7. The van der Waals surface area contributed by atoms with Crippen LogP contribution in [-0.2, 0) is 9.53 Å². The molecule has 7 rings (SSSR count). The van der Waals surface area contributed by atoms with Gasteiger partial charge in [-0.05, 0) is 43.7 Å². The van der Waals surface area contributed by atoms with E-state index in [9.17, 15) is 14.3 Å². The van der Waals surface area contributed by atoms with Crippen LogP contribution in [0.1, 0.15) is 25.0 Å². The maximum absolute atomic E-state index is 14.7. The Bertz CT molecular complexity index is 1450. The second-order valence-electron chi connectivity index (χ2n) is 11.3. The Morgan fingerprint density at radius 3 is 2.86 bits per heavy atom. The van der Waals surface area contributed by atoms with Gasteiger partial charge in [0, 0.05) is 49.4 Å². The van der Waals surface area contributed by atoms with Gasteiger partial charge in [0.1, 0.15) is 23.6 Å². The number of piperazine rings is 1. The Morgan fingerprint density at radius 2 is 2.12 bits per heavy atom. The molecule has 3 unspecified atom stereocenters. The Balaban J connectivity index is 1.05. The molecule has 2 aromatic rings. The number of hydrogen-bond donors (Lipinski definition) is 1. The molecule has 9 nitrogen and oxygen atoms in total. The lowest BCUT2D eigenvalue weighted by atomic mass is 10.1. The SMILES string of the molecule is C[C@H]1CN(c2cccc3c2OC(c2ccc(Cl)cc2F)CO3)CCN1CC1=NC2SC(C(=O)O)=CC2N1C[C@@H]1CCO1. The van der Waals surface area contributed by atoms with Crippen molar-refractivity contribution in [1.29, 1.82) is 0 Å². The minimum Gasteiger partial charge on any atom is -0.485 e. The molecule has 5 heterocycles. The van der Waals surface area contributed by atoms with Crippen molar-refractivity contribution < 1.29 is 28.5 Å². The van der Waals surface area contributed by atoms with Crippen molar-refractivity contribution in [1.82, 2.24) is 9.80 Å². The van der Waals surface area contributed by atoms with E-state index >= 15 is 0 Å². The maximum atomic E-state index is 14.7. The first kappa shape index (κ1) is 27.8. The number of hydrogen-bond acceptors (Lipinski definition) is 9. The average molecular weight is 615 g/mol. The second kappa shape index (κ2) is 11.3. The number of nitrogens with zero attached hydrogens (tertiary/aromatic N) is 4. The van der Waals surface area contributed by atoms with E-state index in [1.165, 1.54) is 17.8 Å². The molecule has 0 spiro atoms. The number of carboxylic acids is 1. The number of fused-ring (bicyclic) bond motifs is 2. The van der Waals surface area contributed by atoms with Crippen molar-refractivity contribution in [2.24, 2.45) is 4.99 Å². The van der Waals surface area contributed by atoms with Gasteiger partial charge in [-0.3, -0.25) is 9.89 Å². The Hall–Kier alpha value is -2.99. The fourth-order valence-corrected chi connectivity index (χ4v) is 7.50. The van der Waals surface area contributed by atoms with Crippen LogP contribution in [0.15, 0.2) is 52.4 Å². The minimum absolute atomic E-state index is 0.0525. The number of amidine groups is 1. The fourth-order valence-electron chi connectivity index (χ4n) is 6.22. The molecule has 5 aliphatic rings. The van der Waals surface area contributed by atoms with Crippen LogP contribution in [0.5, 0.6) is 11.5 Å². The molecule has 0 radical (unpaired) electrons. The summed E-state index contributed by atoms with van der Waals surface area (Å²) in [6.45, 7) is 6.96. The molecule has 222 valence electrons. The van der Waals surface area contributed by atoms with E-state index in [2.05, 4.69) is 21.6 Å². The lowest BCUT2D eigenvalue weighted by molar-refractivity contribution is -0.131. The molecule has 2 saturated heterocycles. The molecular formula is C30H32ClFN4O5S. The third-order valence-electron chi connectivity index (χ3n) is 8.60. The zero-order chi connectivity index (χ0) is 29.0. The summed E-state index contributed by atoms with van der Waals surface area (Å²) in [7, 11) is 0. The van der Waals surface area contributed by atoms with Gasteiger partial charge in [0.15, 0.2) is 17.6 Å². The number of anilines is 1. The van der Waals surface area contributed by atoms with Crippen molar-refractivity contribution >= 4 is 40.9 Å². The highest BCUT2D eigenvalue weighted by Gasteiger charge is 2.44.